The van der Waals surface area contributed by atoms with E-state index >= 15 is 0 Å². The van der Waals surface area contributed by atoms with Crippen LogP contribution in [-0.4, -0.2) is 6.04 Å². The minimum Gasteiger partial charge on any atom is -0.381 e. The average Bonchev–Trinajstić information content (AvgIpc) is 2.43. The molecule has 1 aromatic rings. The molecule has 0 amide bonds. The Morgan fingerprint density at radius 2 is 1.84 bits per heavy atom. The summed E-state index contributed by atoms with van der Waals surface area (Å²) in [6.07, 6.45) is 9.82. The summed E-state index contributed by atoms with van der Waals surface area (Å²) in [5.74, 6) is 1.95. The fourth-order valence-corrected chi connectivity index (χ4v) is 4.37. The summed E-state index contributed by atoms with van der Waals surface area (Å²) in [5.41, 5.74) is 1.08. The molecule has 3 unspecified atom stereocenters. The molecule has 0 spiro atoms. The Bertz CT molecular complexity index is 448. The van der Waals surface area contributed by atoms with Crippen LogP contribution in [-0.2, 0) is 0 Å². The molecule has 0 heterocycles. The van der Waals surface area contributed by atoms with Crippen LogP contribution in [0.2, 0.25) is 5.02 Å². The molecule has 2 saturated carbocycles. The summed E-state index contributed by atoms with van der Waals surface area (Å²) in [6.45, 7) is 0. The molecule has 104 valence electrons. The second-order valence-electron chi connectivity index (χ2n) is 6.08. The normalized spacial score (nSPS) is 30.7. The third-order valence-corrected chi connectivity index (χ3v) is 5.65. The predicted octanol–water partition coefficient (Wildman–Crippen LogP) is 5.87. The molecule has 1 N–H and O–H groups in total. The van der Waals surface area contributed by atoms with Crippen molar-refractivity contribution in [3.05, 3.63) is 27.7 Å². The van der Waals surface area contributed by atoms with E-state index in [2.05, 4.69) is 27.3 Å². The van der Waals surface area contributed by atoms with Crippen LogP contribution in [0, 0.1) is 11.8 Å². The summed E-state index contributed by atoms with van der Waals surface area (Å²) in [5, 5.41) is 4.49. The zero-order chi connectivity index (χ0) is 13.2. The molecule has 0 saturated heterocycles. The minimum atomic E-state index is 0.603. The number of rotatable bonds is 2. The van der Waals surface area contributed by atoms with Gasteiger partial charge in [0.25, 0.3) is 0 Å². The first kappa shape index (κ1) is 13.8. The Hall–Kier alpha value is -0.210. The topological polar surface area (TPSA) is 12.0 Å². The maximum Gasteiger partial charge on any atom is 0.0638 e. The van der Waals surface area contributed by atoms with Crippen LogP contribution in [0.15, 0.2) is 22.7 Å². The Morgan fingerprint density at radius 1 is 1.05 bits per heavy atom. The Kier molecular flexibility index (Phi) is 4.38. The molecular weight excluding hydrogens is 322 g/mol. The summed E-state index contributed by atoms with van der Waals surface area (Å²) in [6, 6.07) is 6.65. The second kappa shape index (κ2) is 6.05. The van der Waals surface area contributed by atoms with E-state index in [4.69, 9.17) is 11.6 Å². The third kappa shape index (κ3) is 3.28. The largest absolute Gasteiger partial charge is 0.381 e. The summed E-state index contributed by atoms with van der Waals surface area (Å²) >= 11 is 9.79. The van der Waals surface area contributed by atoms with Gasteiger partial charge in [0.2, 0.25) is 0 Å². The number of benzene rings is 1. The van der Waals surface area contributed by atoms with Gasteiger partial charge in [0.05, 0.1) is 10.7 Å². The van der Waals surface area contributed by atoms with Gasteiger partial charge in [-0.3, -0.25) is 0 Å². The molecule has 0 bridgehead atoms. The number of hydrogen-bond donors (Lipinski definition) is 1. The standard InChI is InChI=1S/C16H21BrClN/c17-13-6-8-15(18)16(10-13)19-14-7-5-11-3-1-2-4-12(11)9-14/h6,8,10-12,14,19H,1-5,7,9H2. The SMILES string of the molecule is Clc1ccc(Br)cc1NC1CCC2CCCCC2C1. The van der Waals surface area contributed by atoms with Crippen molar-refractivity contribution in [1.82, 2.24) is 0 Å². The lowest BCUT2D eigenvalue weighted by Crippen LogP contribution is -2.34. The van der Waals surface area contributed by atoms with Crippen molar-refractivity contribution in [3.63, 3.8) is 0 Å². The molecule has 2 fully saturated rings. The van der Waals surface area contributed by atoms with Crippen LogP contribution in [0.25, 0.3) is 0 Å². The highest BCUT2D eigenvalue weighted by molar-refractivity contribution is 9.10. The first-order chi connectivity index (χ1) is 9.22. The van der Waals surface area contributed by atoms with Crippen molar-refractivity contribution in [2.45, 2.75) is 51.0 Å². The smallest absolute Gasteiger partial charge is 0.0638 e. The minimum absolute atomic E-state index is 0.603. The summed E-state index contributed by atoms with van der Waals surface area (Å²) in [7, 11) is 0. The van der Waals surface area contributed by atoms with E-state index < -0.39 is 0 Å². The monoisotopic (exact) mass is 341 g/mol. The quantitative estimate of drug-likeness (QED) is 0.708. The first-order valence-electron chi connectivity index (χ1n) is 7.44. The Labute approximate surface area is 129 Å². The van der Waals surface area contributed by atoms with E-state index in [0.717, 1.165) is 27.0 Å². The van der Waals surface area contributed by atoms with Crippen molar-refractivity contribution in [3.8, 4) is 0 Å². The Morgan fingerprint density at radius 3 is 2.68 bits per heavy atom. The molecule has 2 aliphatic carbocycles. The van der Waals surface area contributed by atoms with Crippen LogP contribution < -0.4 is 5.32 Å². The van der Waals surface area contributed by atoms with Gasteiger partial charge in [0, 0.05) is 10.5 Å². The van der Waals surface area contributed by atoms with Gasteiger partial charge >= 0.3 is 0 Å². The number of halogens is 2. The average molecular weight is 343 g/mol. The molecule has 1 aromatic carbocycles. The number of anilines is 1. The molecule has 0 aromatic heterocycles. The van der Waals surface area contributed by atoms with Crippen molar-refractivity contribution in [2.24, 2.45) is 11.8 Å². The molecule has 19 heavy (non-hydrogen) atoms. The molecule has 2 aliphatic rings. The molecule has 3 heteroatoms. The first-order valence-corrected chi connectivity index (χ1v) is 8.61. The van der Waals surface area contributed by atoms with Crippen LogP contribution in [0.5, 0.6) is 0 Å². The van der Waals surface area contributed by atoms with E-state index in [0.29, 0.717) is 6.04 Å². The highest BCUT2D eigenvalue weighted by Crippen LogP contribution is 2.41. The third-order valence-electron chi connectivity index (χ3n) is 4.83. The highest BCUT2D eigenvalue weighted by atomic mass is 79.9. The fourth-order valence-electron chi connectivity index (χ4n) is 3.83. The van der Waals surface area contributed by atoms with Crippen molar-refractivity contribution < 1.29 is 0 Å². The van der Waals surface area contributed by atoms with Gasteiger partial charge < -0.3 is 5.32 Å². The van der Waals surface area contributed by atoms with Gasteiger partial charge in [-0.2, -0.15) is 0 Å². The Balaban J connectivity index is 1.65. The van der Waals surface area contributed by atoms with Gasteiger partial charge in [-0.05, 0) is 49.3 Å². The van der Waals surface area contributed by atoms with Crippen LogP contribution in [0.3, 0.4) is 0 Å². The summed E-state index contributed by atoms with van der Waals surface area (Å²) < 4.78 is 1.09. The van der Waals surface area contributed by atoms with Crippen LogP contribution >= 0.6 is 27.5 Å². The van der Waals surface area contributed by atoms with E-state index in [9.17, 15) is 0 Å². The molecule has 1 nitrogen and oxygen atoms in total. The van der Waals surface area contributed by atoms with Crippen molar-refractivity contribution in [2.75, 3.05) is 5.32 Å². The number of nitrogens with one attached hydrogen (secondary N) is 1. The molecule has 3 rings (SSSR count). The number of hydrogen-bond acceptors (Lipinski definition) is 1. The molecule has 3 atom stereocenters. The van der Waals surface area contributed by atoms with Crippen molar-refractivity contribution >= 4 is 33.2 Å². The molecule has 0 aliphatic heterocycles. The highest BCUT2D eigenvalue weighted by Gasteiger charge is 2.32. The van der Waals surface area contributed by atoms with Gasteiger partial charge in [-0.1, -0.05) is 53.2 Å². The lowest BCUT2D eigenvalue weighted by atomic mass is 9.69. The lowest BCUT2D eigenvalue weighted by molar-refractivity contribution is 0.162. The lowest BCUT2D eigenvalue weighted by Gasteiger charge is -2.40. The van der Waals surface area contributed by atoms with Crippen molar-refractivity contribution in [1.29, 1.82) is 0 Å². The van der Waals surface area contributed by atoms with E-state index in [-0.39, 0.29) is 0 Å². The second-order valence-corrected chi connectivity index (χ2v) is 7.41. The van der Waals surface area contributed by atoms with Gasteiger partial charge in [-0.25, -0.2) is 0 Å². The van der Waals surface area contributed by atoms with Gasteiger partial charge in [-0.15, -0.1) is 0 Å². The van der Waals surface area contributed by atoms with E-state index in [1.54, 1.807) is 0 Å². The number of fused-ring (bicyclic) bond motifs is 1. The van der Waals surface area contributed by atoms with Crippen LogP contribution in [0.4, 0.5) is 5.69 Å². The van der Waals surface area contributed by atoms with Gasteiger partial charge in [0.15, 0.2) is 0 Å². The van der Waals surface area contributed by atoms with E-state index in [1.807, 2.05) is 12.1 Å². The van der Waals surface area contributed by atoms with Crippen LogP contribution in [0.1, 0.15) is 44.9 Å². The molecule has 0 radical (unpaired) electrons. The zero-order valence-corrected chi connectivity index (χ0v) is 13.5. The zero-order valence-electron chi connectivity index (χ0n) is 11.2. The predicted molar refractivity (Wildman–Crippen MR) is 85.9 cm³/mol. The van der Waals surface area contributed by atoms with E-state index in [1.165, 1.54) is 44.9 Å². The maximum atomic E-state index is 6.27. The van der Waals surface area contributed by atoms with Gasteiger partial charge in [0.1, 0.15) is 0 Å². The molecular formula is C16H21BrClN. The maximum absolute atomic E-state index is 6.27. The summed E-state index contributed by atoms with van der Waals surface area (Å²) in [4.78, 5) is 0. The fraction of sp³-hybridized carbons (Fsp3) is 0.625.